The van der Waals surface area contributed by atoms with Gasteiger partial charge in [0.1, 0.15) is 5.76 Å². The van der Waals surface area contributed by atoms with Crippen molar-refractivity contribution in [2.45, 2.75) is 27.3 Å². The van der Waals surface area contributed by atoms with Crippen molar-refractivity contribution >= 4 is 22.8 Å². The molecule has 0 spiro atoms. The number of amidine groups is 1. The highest BCUT2D eigenvalue weighted by molar-refractivity contribution is 8.18. The molecular weight excluding hydrogens is 276 g/mol. The molecule has 3 heterocycles. The van der Waals surface area contributed by atoms with E-state index >= 15 is 0 Å². The smallest absolute Gasteiger partial charge is 0.260 e. The standard InChI is InChI=1S/C13H16N4O2S/c1-7-10(9(3)19-16-7)6-15-12(18)11-8(2)17-5-4-14-13(17)20-11/h4-6H2,1-3H3,(H,15,18). The number of carbonyl (C=O) groups excluding carboxylic acids is 1. The van der Waals surface area contributed by atoms with Crippen LogP contribution in [-0.4, -0.2) is 34.2 Å². The second kappa shape index (κ2) is 4.97. The van der Waals surface area contributed by atoms with Gasteiger partial charge in [-0.15, -0.1) is 0 Å². The van der Waals surface area contributed by atoms with Crippen LogP contribution in [0.2, 0.25) is 0 Å². The van der Waals surface area contributed by atoms with Crippen molar-refractivity contribution in [3.05, 3.63) is 27.6 Å². The van der Waals surface area contributed by atoms with Crippen LogP contribution in [0.1, 0.15) is 23.9 Å². The number of aryl methyl sites for hydroxylation is 2. The molecule has 1 amide bonds. The van der Waals surface area contributed by atoms with Crippen LogP contribution >= 0.6 is 11.8 Å². The molecule has 0 atom stereocenters. The Bertz CT molecular complexity index is 613. The van der Waals surface area contributed by atoms with Crippen molar-refractivity contribution in [1.29, 1.82) is 0 Å². The Morgan fingerprint density at radius 2 is 2.25 bits per heavy atom. The number of amides is 1. The molecule has 1 aromatic rings. The fourth-order valence-electron chi connectivity index (χ4n) is 2.33. The first-order valence-corrected chi connectivity index (χ1v) is 7.30. The van der Waals surface area contributed by atoms with E-state index in [1.165, 1.54) is 11.8 Å². The Kier molecular flexibility index (Phi) is 3.29. The van der Waals surface area contributed by atoms with Gasteiger partial charge in [-0.2, -0.15) is 0 Å². The summed E-state index contributed by atoms with van der Waals surface area (Å²) in [5, 5.41) is 7.75. The minimum Gasteiger partial charge on any atom is -0.361 e. The van der Waals surface area contributed by atoms with Crippen molar-refractivity contribution in [3.8, 4) is 0 Å². The summed E-state index contributed by atoms with van der Waals surface area (Å²) in [5.74, 6) is 0.683. The van der Waals surface area contributed by atoms with Crippen LogP contribution in [0.25, 0.3) is 0 Å². The quantitative estimate of drug-likeness (QED) is 0.915. The summed E-state index contributed by atoms with van der Waals surface area (Å²) in [6, 6.07) is 0. The second-order valence-electron chi connectivity index (χ2n) is 4.82. The third-order valence-electron chi connectivity index (χ3n) is 3.54. The van der Waals surface area contributed by atoms with Gasteiger partial charge in [0.15, 0.2) is 5.17 Å². The summed E-state index contributed by atoms with van der Waals surface area (Å²) >= 11 is 1.45. The summed E-state index contributed by atoms with van der Waals surface area (Å²) in [6.07, 6.45) is 0. The van der Waals surface area contributed by atoms with Gasteiger partial charge in [0, 0.05) is 24.4 Å². The molecule has 1 N–H and O–H groups in total. The lowest BCUT2D eigenvalue weighted by molar-refractivity contribution is -0.117. The molecule has 20 heavy (non-hydrogen) atoms. The molecule has 0 aliphatic carbocycles. The summed E-state index contributed by atoms with van der Waals surface area (Å²) < 4.78 is 5.09. The van der Waals surface area contributed by atoms with E-state index in [0.29, 0.717) is 6.54 Å². The highest BCUT2D eigenvalue weighted by Gasteiger charge is 2.32. The number of nitrogens with one attached hydrogen (secondary N) is 1. The van der Waals surface area contributed by atoms with Crippen molar-refractivity contribution in [1.82, 2.24) is 15.4 Å². The molecule has 0 saturated heterocycles. The maximum atomic E-state index is 12.3. The van der Waals surface area contributed by atoms with Gasteiger partial charge in [-0.3, -0.25) is 9.79 Å². The summed E-state index contributed by atoms with van der Waals surface area (Å²) in [5.41, 5.74) is 2.75. The van der Waals surface area contributed by atoms with Crippen LogP contribution in [0.15, 0.2) is 20.1 Å². The Labute approximate surface area is 121 Å². The van der Waals surface area contributed by atoms with E-state index in [1.807, 2.05) is 20.8 Å². The first-order chi connectivity index (χ1) is 9.58. The molecule has 1 aromatic heterocycles. The number of carbonyl (C=O) groups is 1. The van der Waals surface area contributed by atoms with Crippen LogP contribution in [0.5, 0.6) is 0 Å². The number of hydrogen-bond donors (Lipinski definition) is 1. The SMILES string of the molecule is CC1=C(C(=O)NCc2c(C)noc2C)SC2=NCCN21. The van der Waals surface area contributed by atoms with Crippen LogP contribution in [-0.2, 0) is 11.3 Å². The maximum absolute atomic E-state index is 12.3. The number of rotatable bonds is 3. The van der Waals surface area contributed by atoms with Gasteiger partial charge in [-0.25, -0.2) is 0 Å². The Morgan fingerprint density at radius 3 is 2.90 bits per heavy atom. The number of aliphatic imine (C=N–C) groups is 1. The molecule has 106 valence electrons. The van der Waals surface area contributed by atoms with Gasteiger partial charge in [0.25, 0.3) is 5.91 Å². The molecule has 2 aliphatic rings. The van der Waals surface area contributed by atoms with E-state index in [9.17, 15) is 4.79 Å². The fourth-order valence-corrected chi connectivity index (χ4v) is 3.43. The molecular formula is C13H16N4O2S. The highest BCUT2D eigenvalue weighted by Crippen LogP contribution is 2.36. The number of allylic oxidation sites excluding steroid dienone is 1. The van der Waals surface area contributed by atoms with Crippen molar-refractivity contribution < 1.29 is 9.32 Å². The zero-order chi connectivity index (χ0) is 14.3. The van der Waals surface area contributed by atoms with E-state index in [-0.39, 0.29) is 5.91 Å². The normalized spacial score (nSPS) is 17.6. The number of aromatic nitrogens is 1. The average molecular weight is 292 g/mol. The predicted octanol–water partition coefficient (Wildman–Crippen LogP) is 1.56. The molecule has 0 radical (unpaired) electrons. The Hall–Kier alpha value is -1.76. The minimum atomic E-state index is -0.0652. The fraction of sp³-hybridized carbons (Fsp3) is 0.462. The van der Waals surface area contributed by atoms with Crippen molar-refractivity contribution in [2.75, 3.05) is 13.1 Å². The van der Waals surface area contributed by atoms with E-state index in [1.54, 1.807) is 0 Å². The number of nitrogens with zero attached hydrogens (tertiary/aromatic N) is 3. The van der Waals surface area contributed by atoms with E-state index in [0.717, 1.165) is 45.9 Å². The maximum Gasteiger partial charge on any atom is 0.260 e. The summed E-state index contributed by atoms with van der Waals surface area (Å²) in [7, 11) is 0. The molecule has 0 fully saturated rings. The Morgan fingerprint density at radius 1 is 1.45 bits per heavy atom. The van der Waals surface area contributed by atoms with Gasteiger partial charge >= 0.3 is 0 Å². The lowest BCUT2D eigenvalue weighted by atomic mass is 10.2. The molecule has 0 unspecified atom stereocenters. The van der Waals surface area contributed by atoms with Gasteiger partial charge in [-0.05, 0) is 32.5 Å². The zero-order valence-electron chi connectivity index (χ0n) is 11.7. The van der Waals surface area contributed by atoms with E-state index in [4.69, 9.17) is 4.52 Å². The van der Waals surface area contributed by atoms with Gasteiger partial charge in [-0.1, -0.05) is 5.16 Å². The zero-order valence-corrected chi connectivity index (χ0v) is 12.5. The largest absolute Gasteiger partial charge is 0.361 e. The van der Waals surface area contributed by atoms with Gasteiger partial charge in [0.2, 0.25) is 0 Å². The monoisotopic (exact) mass is 292 g/mol. The van der Waals surface area contributed by atoms with Crippen LogP contribution in [0.4, 0.5) is 0 Å². The summed E-state index contributed by atoms with van der Waals surface area (Å²) in [4.78, 5) is 19.5. The average Bonchev–Trinajstić information content (AvgIpc) is 3.07. The third kappa shape index (κ3) is 2.11. The molecule has 0 aromatic carbocycles. The van der Waals surface area contributed by atoms with Crippen molar-refractivity contribution in [2.24, 2.45) is 4.99 Å². The Balaban J connectivity index is 1.69. The van der Waals surface area contributed by atoms with Crippen LogP contribution in [0.3, 0.4) is 0 Å². The van der Waals surface area contributed by atoms with Gasteiger partial charge < -0.3 is 14.7 Å². The molecule has 0 bridgehead atoms. The molecule has 3 rings (SSSR count). The summed E-state index contributed by atoms with van der Waals surface area (Å²) in [6.45, 7) is 7.80. The molecule has 7 heteroatoms. The van der Waals surface area contributed by atoms with E-state index < -0.39 is 0 Å². The topological polar surface area (TPSA) is 70.7 Å². The lowest BCUT2D eigenvalue weighted by Crippen LogP contribution is -2.25. The van der Waals surface area contributed by atoms with Crippen molar-refractivity contribution in [3.63, 3.8) is 0 Å². The minimum absolute atomic E-state index is 0.0652. The molecule has 0 saturated carbocycles. The third-order valence-corrected chi connectivity index (χ3v) is 4.76. The first-order valence-electron chi connectivity index (χ1n) is 6.48. The van der Waals surface area contributed by atoms with Crippen LogP contribution < -0.4 is 5.32 Å². The van der Waals surface area contributed by atoms with E-state index in [2.05, 4.69) is 20.4 Å². The predicted molar refractivity (Wildman–Crippen MR) is 77.1 cm³/mol. The second-order valence-corrected chi connectivity index (χ2v) is 5.80. The first kappa shape index (κ1) is 13.2. The number of thioether (sulfide) groups is 1. The number of hydrogen-bond acceptors (Lipinski definition) is 6. The lowest BCUT2D eigenvalue weighted by Gasteiger charge is -2.12. The number of fused-ring (bicyclic) bond motifs is 1. The molecule has 2 aliphatic heterocycles. The molecule has 6 nitrogen and oxygen atoms in total. The van der Waals surface area contributed by atoms with Crippen LogP contribution in [0, 0.1) is 13.8 Å². The van der Waals surface area contributed by atoms with Gasteiger partial charge in [0.05, 0.1) is 17.1 Å². The highest BCUT2D eigenvalue weighted by atomic mass is 32.2.